The van der Waals surface area contributed by atoms with E-state index in [4.69, 9.17) is 9.15 Å². The van der Waals surface area contributed by atoms with Crippen molar-refractivity contribution in [3.8, 4) is 11.5 Å². The maximum atomic E-state index is 13.0. The van der Waals surface area contributed by atoms with Gasteiger partial charge in [-0.3, -0.25) is 9.62 Å². The van der Waals surface area contributed by atoms with E-state index in [1.54, 1.807) is 47.4 Å². The van der Waals surface area contributed by atoms with Gasteiger partial charge in [0, 0.05) is 32.7 Å². The van der Waals surface area contributed by atoms with Crippen molar-refractivity contribution in [3.63, 3.8) is 0 Å². The van der Waals surface area contributed by atoms with Crippen LogP contribution in [0, 0.1) is 6.92 Å². The number of para-hydroxylation sites is 1. The first kappa shape index (κ1) is 27.7. The molecule has 1 aliphatic rings. The van der Waals surface area contributed by atoms with E-state index >= 15 is 0 Å². The minimum Gasteiger partial charge on any atom is -0.444 e. The molecule has 0 saturated carbocycles. The van der Waals surface area contributed by atoms with Crippen LogP contribution in [0.15, 0.2) is 76.0 Å². The van der Waals surface area contributed by atoms with Crippen molar-refractivity contribution in [2.75, 3.05) is 30.9 Å². The van der Waals surface area contributed by atoms with E-state index < -0.39 is 15.6 Å². The van der Waals surface area contributed by atoms with Crippen LogP contribution in [-0.2, 0) is 21.3 Å². The third kappa shape index (κ3) is 6.46. The maximum absolute atomic E-state index is 13.0. The number of anilines is 1. The Morgan fingerprint density at radius 1 is 1.00 bits per heavy atom. The number of piperazine rings is 1. The Balaban J connectivity index is 1.29. The number of carbonyl (C=O) groups excluding carboxylic acids is 1. The minimum absolute atomic E-state index is 0.182. The lowest BCUT2D eigenvalue weighted by Gasteiger charge is -2.35. The highest BCUT2D eigenvalue weighted by molar-refractivity contribution is 7.92. The van der Waals surface area contributed by atoms with Gasteiger partial charge in [-0.25, -0.2) is 18.2 Å². The summed E-state index contributed by atoms with van der Waals surface area (Å²) in [6.45, 7) is 10.9. The Hall–Kier alpha value is -3.89. The number of aryl methyl sites for hydroxylation is 1. The van der Waals surface area contributed by atoms with E-state index in [9.17, 15) is 13.2 Å². The molecule has 0 atom stereocenters. The second kappa shape index (κ2) is 10.9. The second-order valence-electron chi connectivity index (χ2n) is 11.0. The van der Waals surface area contributed by atoms with Crippen LogP contribution < -0.4 is 4.72 Å². The molecule has 1 saturated heterocycles. The quantitative estimate of drug-likeness (QED) is 0.323. The predicted molar refractivity (Wildman–Crippen MR) is 155 cm³/mol. The molecule has 4 aromatic rings. The first-order valence-electron chi connectivity index (χ1n) is 13.3. The highest BCUT2D eigenvalue weighted by atomic mass is 32.2. The summed E-state index contributed by atoms with van der Waals surface area (Å²) in [5.41, 5.74) is 3.78. The number of oxazole rings is 1. The van der Waals surface area contributed by atoms with Gasteiger partial charge in [0.05, 0.1) is 16.1 Å². The summed E-state index contributed by atoms with van der Waals surface area (Å²) in [4.78, 5) is 21.2. The van der Waals surface area contributed by atoms with Crippen molar-refractivity contribution in [1.82, 2.24) is 14.8 Å². The Morgan fingerprint density at radius 3 is 2.40 bits per heavy atom. The Labute approximate surface area is 234 Å². The fourth-order valence-electron chi connectivity index (χ4n) is 4.54. The van der Waals surface area contributed by atoms with Crippen LogP contribution in [0.25, 0.3) is 22.6 Å². The fraction of sp³-hybridized carbons (Fsp3) is 0.333. The molecule has 0 radical (unpaired) electrons. The molecule has 9 nitrogen and oxygen atoms in total. The number of aromatic nitrogens is 1. The minimum atomic E-state index is -3.79. The van der Waals surface area contributed by atoms with Gasteiger partial charge in [0.25, 0.3) is 10.0 Å². The van der Waals surface area contributed by atoms with Gasteiger partial charge >= 0.3 is 6.09 Å². The fourth-order valence-corrected chi connectivity index (χ4v) is 5.62. The topological polar surface area (TPSA) is 105 Å². The molecule has 5 rings (SSSR count). The summed E-state index contributed by atoms with van der Waals surface area (Å²) in [5.74, 6) is 0.334. The summed E-state index contributed by atoms with van der Waals surface area (Å²) >= 11 is 0. The molecule has 0 unspecified atom stereocenters. The Bertz CT molecular complexity index is 1620. The number of sulfonamides is 1. The molecule has 0 spiro atoms. The van der Waals surface area contributed by atoms with Crippen LogP contribution in [0.4, 0.5) is 10.5 Å². The number of ether oxygens (including phenoxy) is 1. The number of nitrogens with one attached hydrogen (secondary N) is 1. The van der Waals surface area contributed by atoms with E-state index in [0.717, 1.165) is 24.2 Å². The second-order valence-corrected chi connectivity index (χ2v) is 12.7. The highest BCUT2D eigenvalue weighted by Gasteiger charge is 2.26. The van der Waals surface area contributed by atoms with Gasteiger partial charge < -0.3 is 14.1 Å². The van der Waals surface area contributed by atoms with E-state index in [1.807, 2.05) is 52.0 Å². The standard InChI is InChI=1S/C30H34N4O5S/c1-21-9-12-23(13-10-21)40(36,37)32-25-8-6-5-7-24(25)28-31-26-14-11-22(19-27(26)38-28)20-33-15-17-34(18-16-33)29(35)39-30(2,3)4/h5-14,19,32H,15-18,20H2,1-4H3. The van der Waals surface area contributed by atoms with Crippen molar-refractivity contribution >= 4 is 32.9 Å². The lowest BCUT2D eigenvalue weighted by Crippen LogP contribution is -2.49. The average molecular weight is 563 g/mol. The molecular weight excluding hydrogens is 528 g/mol. The molecule has 1 aromatic heterocycles. The summed E-state index contributed by atoms with van der Waals surface area (Å²) in [6, 6.07) is 19.6. The number of nitrogens with zero attached hydrogens (tertiary/aromatic N) is 3. The molecule has 0 bridgehead atoms. The van der Waals surface area contributed by atoms with Crippen molar-refractivity contribution in [3.05, 3.63) is 77.9 Å². The number of benzene rings is 3. The normalized spacial score (nSPS) is 14.8. The number of hydrogen-bond donors (Lipinski definition) is 1. The Kier molecular flexibility index (Phi) is 7.57. The zero-order valence-electron chi connectivity index (χ0n) is 23.2. The smallest absolute Gasteiger partial charge is 0.410 e. The highest BCUT2D eigenvalue weighted by Crippen LogP contribution is 2.32. The number of rotatable bonds is 6. The molecular formula is C30H34N4O5S. The number of amides is 1. The number of fused-ring (bicyclic) bond motifs is 1. The summed E-state index contributed by atoms with van der Waals surface area (Å²) in [5, 5.41) is 0. The predicted octanol–water partition coefficient (Wildman–Crippen LogP) is 5.66. The van der Waals surface area contributed by atoms with Gasteiger partial charge in [0.15, 0.2) is 5.58 Å². The first-order chi connectivity index (χ1) is 19.0. The monoisotopic (exact) mass is 562 g/mol. The molecule has 3 aromatic carbocycles. The SMILES string of the molecule is Cc1ccc(S(=O)(=O)Nc2ccccc2-c2nc3ccc(CN4CCN(C(=O)OC(C)(C)C)CC4)cc3o2)cc1. The van der Waals surface area contributed by atoms with E-state index in [-0.39, 0.29) is 11.0 Å². The van der Waals surface area contributed by atoms with E-state index in [2.05, 4.69) is 14.6 Å². The van der Waals surface area contributed by atoms with Gasteiger partial charge in [-0.2, -0.15) is 0 Å². The van der Waals surface area contributed by atoms with Crippen LogP contribution in [0.5, 0.6) is 0 Å². The molecule has 0 aliphatic carbocycles. The van der Waals surface area contributed by atoms with Crippen LogP contribution in [-0.4, -0.2) is 61.1 Å². The molecule has 10 heteroatoms. The van der Waals surface area contributed by atoms with Crippen molar-refractivity contribution in [2.24, 2.45) is 0 Å². The zero-order valence-corrected chi connectivity index (χ0v) is 24.0. The van der Waals surface area contributed by atoms with Crippen LogP contribution in [0.2, 0.25) is 0 Å². The molecule has 1 aliphatic heterocycles. The third-order valence-electron chi connectivity index (χ3n) is 6.62. The molecule has 1 amide bonds. The molecule has 40 heavy (non-hydrogen) atoms. The van der Waals surface area contributed by atoms with Crippen molar-refractivity contribution in [1.29, 1.82) is 0 Å². The molecule has 1 fully saturated rings. The van der Waals surface area contributed by atoms with Gasteiger partial charge in [-0.1, -0.05) is 35.9 Å². The van der Waals surface area contributed by atoms with E-state index in [1.165, 1.54) is 0 Å². The van der Waals surface area contributed by atoms with Gasteiger partial charge in [-0.05, 0) is 69.7 Å². The number of carbonyl (C=O) groups is 1. The largest absolute Gasteiger partial charge is 0.444 e. The third-order valence-corrected chi connectivity index (χ3v) is 8.00. The summed E-state index contributed by atoms with van der Waals surface area (Å²) in [6.07, 6.45) is -0.274. The van der Waals surface area contributed by atoms with Gasteiger partial charge in [0.1, 0.15) is 11.1 Å². The van der Waals surface area contributed by atoms with Crippen molar-refractivity contribution < 1.29 is 22.4 Å². The lowest BCUT2D eigenvalue weighted by atomic mass is 10.2. The Morgan fingerprint density at radius 2 is 1.70 bits per heavy atom. The molecule has 1 N–H and O–H groups in total. The van der Waals surface area contributed by atoms with Gasteiger partial charge in [-0.15, -0.1) is 0 Å². The van der Waals surface area contributed by atoms with E-state index in [0.29, 0.717) is 47.9 Å². The summed E-state index contributed by atoms with van der Waals surface area (Å²) < 4.78 is 40.3. The van der Waals surface area contributed by atoms with Crippen LogP contribution in [0.1, 0.15) is 31.9 Å². The van der Waals surface area contributed by atoms with Crippen molar-refractivity contribution in [2.45, 2.75) is 44.7 Å². The maximum Gasteiger partial charge on any atom is 0.410 e. The molecule has 2 heterocycles. The average Bonchev–Trinajstić information content (AvgIpc) is 3.32. The van der Waals surface area contributed by atoms with Gasteiger partial charge in [0.2, 0.25) is 5.89 Å². The van der Waals surface area contributed by atoms with Crippen LogP contribution in [0.3, 0.4) is 0 Å². The number of hydrogen-bond acceptors (Lipinski definition) is 7. The van der Waals surface area contributed by atoms with Crippen LogP contribution >= 0.6 is 0 Å². The first-order valence-corrected chi connectivity index (χ1v) is 14.7. The lowest BCUT2D eigenvalue weighted by molar-refractivity contribution is 0.0139. The zero-order chi connectivity index (χ0) is 28.5. The molecule has 210 valence electrons. The summed E-state index contributed by atoms with van der Waals surface area (Å²) in [7, 11) is -3.79.